The molecule has 0 radical (unpaired) electrons. The fourth-order valence-electron chi connectivity index (χ4n) is 3.81. The van der Waals surface area contributed by atoms with Crippen molar-refractivity contribution in [2.24, 2.45) is 0 Å². The molecule has 2 N–H and O–H groups in total. The molecule has 1 amide bonds. The lowest BCUT2D eigenvalue weighted by Gasteiger charge is -2.22. The normalized spacial score (nSPS) is 15.9. The topological polar surface area (TPSA) is 105 Å². The maximum absolute atomic E-state index is 12.6. The standard InChI is InChI=1S/C22H28N6O4/c1-27-6-5-7-28(2)18(29)12-32-17-9-15(8-16(30-3)20(17)31-4)26-22-19-14(11-27)10-23-21(19)24-13-25-22/h8-10,13H,5-7,11-12H2,1-4H3,(H2,23,24,25,26). The van der Waals surface area contributed by atoms with Crippen molar-refractivity contribution in [3.63, 3.8) is 0 Å². The molecule has 3 heterocycles. The lowest BCUT2D eigenvalue weighted by Crippen LogP contribution is -2.33. The molecule has 2 aromatic heterocycles. The number of likely N-dealkylation sites (N-methyl/N-ethyl adjacent to an activating group) is 1. The second-order valence-corrected chi connectivity index (χ2v) is 7.79. The molecule has 0 aliphatic carbocycles. The summed E-state index contributed by atoms with van der Waals surface area (Å²) in [6.45, 7) is 2.09. The van der Waals surface area contributed by atoms with E-state index in [1.807, 2.05) is 6.20 Å². The van der Waals surface area contributed by atoms with Crippen molar-refractivity contribution in [3.05, 3.63) is 30.2 Å². The van der Waals surface area contributed by atoms with Crippen LogP contribution in [-0.4, -0.2) is 78.7 Å². The third kappa shape index (κ3) is 4.40. The number of aromatic amines is 1. The van der Waals surface area contributed by atoms with Crippen molar-refractivity contribution in [1.29, 1.82) is 0 Å². The first-order chi connectivity index (χ1) is 15.5. The molecule has 0 saturated carbocycles. The van der Waals surface area contributed by atoms with Gasteiger partial charge >= 0.3 is 0 Å². The van der Waals surface area contributed by atoms with Gasteiger partial charge in [-0.05, 0) is 25.6 Å². The number of benzene rings is 1. The summed E-state index contributed by atoms with van der Waals surface area (Å²) in [4.78, 5) is 28.6. The van der Waals surface area contributed by atoms with Crippen LogP contribution in [0.4, 0.5) is 11.5 Å². The fraction of sp³-hybridized carbons (Fsp3) is 0.409. The van der Waals surface area contributed by atoms with Crippen molar-refractivity contribution >= 4 is 28.4 Å². The monoisotopic (exact) mass is 440 g/mol. The Morgan fingerprint density at radius 2 is 1.97 bits per heavy atom. The first-order valence-corrected chi connectivity index (χ1v) is 10.4. The van der Waals surface area contributed by atoms with Gasteiger partial charge in [0.2, 0.25) is 5.75 Å². The Morgan fingerprint density at radius 3 is 2.75 bits per heavy atom. The third-order valence-corrected chi connectivity index (χ3v) is 5.51. The number of hydrogen-bond donors (Lipinski definition) is 2. The molecule has 0 fully saturated rings. The predicted molar refractivity (Wildman–Crippen MR) is 121 cm³/mol. The SMILES string of the molecule is COc1cc2cc(c1OC)OCC(=O)N(C)CCCN(C)Cc1c[nH]c3ncnc(c13)N2. The Kier molecular flexibility index (Phi) is 6.31. The number of methoxy groups -OCH3 is 2. The molecule has 4 rings (SSSR count). The number of hydrogen-bond acceptors (Lipinski definition) is 8. The van der Waals surface area contributed by atoms with Gasteiger partial charge in [-0.25, -0.2) is 9.97 Å². The number of anilines is 2. The van der Waals surface area contributed by atoms with E-state index in [4.69, 9.17) is 14.2 Å². The zero-order chi connectivity index (χ0) is 22.7. The van der Waals surface area contributed by atoms with E-state index in [0.29, 0.717) is 35.3 Å². The third-order valence-electron chi connectivity index (χ3n) is 5.51. The lowest BCUT2D eigenvalue weighted by atomic mass is 10.2. The van der Waals surface area contributed by atoms with Crippen LogP contribution in [0.25, 0.3) is 11.0 Å². The number of nitrogens with zero attached hydrogens (tertiary/aromatic N) is 4. The first-order valence-electron chi connectivity index (χ1n) is 10.4. The minimum atomic E-state index is -0.107. The summed E-state index contributed by atoms with van der Waals surface area (Å²) in [6.07, 6.45) is 4.32. The smallest absolute Gasteiger partial charge is 0.260 e. The molecule has 1 aromatic carbocycles. The highest BCUT2D eigenvalue weighted by atomic mass is 16.5. The molecule has 32 heavy (non-hydrogen) atoms. The van der Waals surface area contributed by atoms with Crippen molar-refractivity contribution in [2.75, 3.05) is 53.3 Å². The van der Waals surface area contributed by atoms with E-state index in [0.717, 1.165) is 36.1 Å². The molecular formula is C22H28N6O4. The Labute approximate surface area is 186 Å². The van der Waals surface area contributed by atoms with Crippen LogP contribution in [0.2, 0.25) is 0 Å². The van der Waals surface area contributed by atoms with Crippen LogP contribution in [-0.2, 0) is 11.3 Å². The number of aromatic nitrogens is 3. The van der Waals surface area contributed by atoms with E-state index < -0.39 is 0 Å². The van der Waals surface area contributed by atoms with E-state index in [9.17, 15) is 4.79 Å². The molecule has 10 heteroatoms. The average molecular weight is 441 g/mol. The quantitative estimate of drug-likeness (QED) is 0.626. The van der Waals surface area contributed by atoms with Gasteiger partial charge in [-0.3, -0.25) is 4.79 Å². The van der Waals surface area contributed by atoms with Crippen molar-refractivity contribution < 1.29 is 19.0 Å². The van der Waals surface area contributed by atoms with Gasteiger partial charge in [0.25, 0.3) is 5.91 Å². The number of amides is 1. The Balaban J connectivity index is 1.80. The molecule has 0 saturated heterocycles. The fourth-order valence-corrected chi connectivity index (χ4v) is 3.81. The van der Waals surface area contributed by atoms with E-state index >= 15 is 0 Å². The Hall–Kier alpha value is -3.53. The maximum atomic E-state index is 12.6. The summed E-state index contributed by atoms with van der Waals surface area (Å²) in [7, 11) is 6.94. The van der Waals surface area contributed by atoms with E-state index in [1.165, 1.54) is 13.4 Å². The lowest BCUT2D eigenvalue weighted by molar-refractivity contribution is -0.132. The van der Waals surface area contributed by atoms with Crippen LogP contribution in [0.5, 0.6) is 17.2 Å². The van der Waals surface area contributed by atoms with Gasteiger partial charge in [0.05, 0.1) is 19.6 Å². The molecule has 1 aliphatic rings. The summed E-state index contributed by atoms with van der Waals surface area (Å²) in [5.74, 6) is 1.87. The minimum Gasteiger partial charge on any atom is -0.493 e. The summed E-state index contributed by atoms with van der Waals surface area (Å²) in [5, 5.41) is 4.28. The van der Waals surface area contributed by atoms with Gasteiger partial charge in [0.15, 0.2) is 18.1 Å². The summed E-state index contributed by atoms with van der Waals surface area (Å²) in [5.41, 5.74) is 2.53. The average Bonchev–Trinajstić information content (AvgIpc) is 3.19. The molecule has 3 aromatic rings. The van der Waals surface area contributed by atoms with Crippen molar-refractivity contribution in [3.8, 4) is 17.2 Å². The van der Waals surface area contributed by atoms with Crippen LogP contribution in [0.3, 0.4) is 0 Å². The molecule has 170 valence electrons. The molecule has 1 aliphatic heterocycles. The Bertz CT molecular complexity index is 1120. The zero-order valence-corrected chi connectivity index (χ0v) is 18.8. The van der Waals surface area contributed by atoms with Gasteiger partial charge in [0, 0.05) is 44.2 Å². The van der Waals surface area contributed by atoms with Crippen LogP contribution in [0.1, 0.15) is 12.0 Å². The number of carbonyl (C=O) groups is 1. The molecule has 2 bridgehead atoms. The molecule has 0 unspecified atom stereocenters. The summed E-state index contributed by atoms with van der Waals surface area (Å²) < 4.78 is 16.8. The number of H-pyrrole nitrogens is 1. The van der Waals surface area contributed by atoms with Crippen molar-refractivity contribution in [1.82, 2.24) is 24.8 Å². The zero-order valence-electron chi connectivity index (χ0n) is 18.8. The van der Waals surface area contributed by atoms with Gasteiger partial charge < -0.3 is 34.3 Å². The number of fused-ring (bicyclic) bond motifs is 2. The minimum absolute atomic E-state index is 0.102. The molecule has 0 spiro atoms. The highest BCUT2D eigenvalue weighted by Gasteiger charge is 2.19. The van der Waals surface area contributed by atoms with Gasteiger partial charge in [-0.1, -0.05) is 0 Å². The van der Waals surface area contributed by atoms with Crippen molar-refractivity contribution in [2.45, 2.75) is 13.0 Å². The van der Waals surface area contributed by atoms with Crippen LogP contribution in [0, 0.1) is 0 Å². The summed E-state index contributed by atoms with van der Waals surface area (Å²) in [6, 6.07) is 3.57. The van der Waals surface area contributed by atoms with Gasteiger partial charge in [0.1, 0.15) is 17.8 Å². The van der Waals surface area contributed by atoms with Crippen LogP contribution < -0.4 is 19.5 Å². The van der Waals surface area contributed by atoms with E-state index in [-0.39, 0.29) is 12.5 Å². The highest BCUT2D eigenvalue weighted by Crippen LogP contribution is 2.41. The first kappa shape index (κ1) is 21.7. The van der Waals surface area contributed by atoms with Crippen LogP contribution >= 0.6 is 0 Å². The molecular weight excluding hydrogens is 412 g/mol. The summed E-state index contributed by atoms with van der Waals surface area (Å²) >= 11 is 0. The molecule has 0 atom stereocenters. The predicted octanol–water partition coefficient (Wildman–Crippen LogP) is 2.39. The van der Waals surface area contributed by atoms with E-state index in [2.05, 4.69) is 32.2 Å². The Morgan fingerprint density at radius 1 is 1.12 bits per heavy atom. The van der Waals surface area contributed by atoms with E-state index in [1.54, 1.807) is 31.2 Å². The maximum Gasteiger partial charge on any atom is 0.260 e. The number of nitrogens with one attached hydrogen (secondary N) is 2. The largest absolute Gasteiger partial charge is 0.493 e. The molecule has 10 nitrogen and oxygen atoms in total. The number of ether oxygens (including phenoxy) is 3. The second-order valence-electron chi connectivity index (χ2n) is 7.79. The van der Waals surface area contributed by atoms with Gasteiger partial charge in [-0.2, -0.15) is 0 Å². The number of carbonyl (C=O) groups excluding carboxylic acids is 1. The highest BCUT2D eigenvalue weighted by molar-refractivity contribution is 5.92. The second kappa shape index (κ2) is 9.31. The van der Waals surface area contributed by atoms with Gasteiger partial charge in [-0.15, -0.1) is 0 Å². The number of rotatable bonds is 2. The van der Waals surface area contributed by atoms with Crippen LogP contribution in [0.15, 0.2) is 24.7 Å².